The van der Waals surface area contributed by atoms with Crippen molar-refractivity contribution in [1.82, 2.24) is 5.43 Å². The van der Waals surface area contributed by atoms with Gasteiger partial charge in [0.25, 0.3) is 0 Å². The van der Waals surface area contributed by atoms with Crippen molar-refractivity contribution in [2.24, 2.45) is 5.10 Å². The van der Waals surface area contributed by atoms with Gasteiger partial charge < -0.3 is 4.74 Å². The van der Waals surface area contributed by atoms with Crippen molar-refractivity contribution in [3.8, 4) is 5.75 Å². The second-order valence-corrected chi connectivity index (χ2v) is 4.83. The molecule has 0 saturated heterocycles. The highest BCUT2D eigenvalue weighted by atomic mass is 79.9. The normalized spacial score (nSPS) is 15.2. The molecule has 1 aromatic rings. The van der Waals surface area contributed by atoms with Gasteiger partial charge in [0.15, 0.2) is 5.75 Å². The molecule has 1 aliphatic heterocycles. The van der Waals surface area contributed by atoms with Crippen LogP contribution >= 0.6 is 27.5 Å². The summed E-state index contributed by atoms with van der Waals surface area (Å²) in [6.07, 6.45) is 1.06. The molecule has 0 unspecified atom stereocenters. The van der Waals surface area contributed by atoms with Crippen LogP contribution in [0.4, 0.5) is 0 Å². The quantitative estimate of drug-likeness (QED) is 0.912. The first-order valence-corrected chi connectivity index (χ1v) is 6.17. The molecule has 0 saturated carbocycles. The van der Waals surface area contributed by atoms with Gasteiger partial charge in [0.1, 0.15) is 0 Å². The van der Waals surface area contributed by atoms with Crippen molar-refractivity contribution in [2.45, 2.75) is 12.8 Å². The Balaban J connectivity index is 2.37. The number of carbonyl (C=O) groups is 1. The summed E-state index contributed by atoms with van der Waals surface area (Å²) in [5, 5.41) is 4.53. The van der Waals surface area contributed by atoms with Gasteiger partial charge in [-0.2, -0.15) is 5.10 Å². The fourth-order valence-electron chi connectivity index (χ4n) is 1.60. The number of halogens is 2. The van der Waals surface area contributed by atoms with Gasteiger partial charge in [0.05, 0.1) is 22.3 Å². The van der Waals surface area contributed by atoms with E-state index in [1.165, 1.54) is 0 Å². The lowest BCUT2D eigenvalue weighted by Gasteiger charge is -2.14. The number of hydrogen-bond acceptors (Lipinski definition) is 3. The summed E-state index contributed by atoms with van der Waals surface area (Å²) in [6, 6.07) is 3.66. The predicted molar refractivity (Wildman–Crippen MR) is 69.6 cm³/mol. The van der Waals surface area contributed by atoms with Crippen molar-refractivity contribution >= 4 is 39.1 Å². The van der Waals surface area contributed by atoms with E-state index in [0.717, 1.165) is 15.7 Å². The number of benzene rings is 1. The van der Waals surface area contributed by atoms with Gasteiger partial charge in [0, 0.05) is 18.4 Å². The summed E-state index contributed by atoms with van der Waals surface area (Å²) in [7, 11) is 1.56. The molecule has 0 spiro atoms. The van der Waals surface area contributed by atoms with E-state index in [0.29, 0.717) is 23.6 Å². The van der Waals surface area contributed by atoms with Gasteiger partial charge in [-0.25, -0.2) is 5.43 Å². The lowest BCUT2D eigenvalue weighted by atomic mass is 10.0. The zero-order valence-corrected chi connectivity index (χ0v) is 11.4. The lowest BCUT2D eigenvalue weighted by Crippen LogP contribution is -2.25. The van der Waals surface area contributed by atoms with Gasteiger partial charge in [-0.05, 0) is 28.1 Å². The molecule has 1 N–H and O–H groups in total. The maximum atomic E-state index is 11.0. The van der Waals surface area contributed by atoms with E-state index >= 15 is 0 Å². The maximum Gasteiger partial charge on any atom is 0.240 e. The Morgan fingerprint density at radius 2 is 2.24 bits per heavy atom. The number of methoxy groups -OCH3 is 1. The first-order chi connectivity index (χ1) is 8.11. The number of hydrogen-bond donors (Lipinski definition) is 1. The molecule has 4 nitrogen and oxygen atoms in total. The number of nitrogens with one attached hydrogen (secondary N) is 1. The molecule has 1 amide bonds. The van der Waals surface area contributed by atoms with Crippen LogP contribution < -0.4 is 10.2 Å². The number of carbonyl (C=O) groups excluding carboxylic acids is 1. The van der Waals surface area contributed by atoms with E-state index in [1.54, 1.807) is 13.2 Å². The highest BCUT2D eigenvalue weighted by Crippen LogP contribution is 2.34. The van der Waals surface area contributed by atoms with Gasteiger partial charge >= 0.3 is 0 Å². The third-order valence-corrected chi connectivity index (χ3v) is 3.31. The summed E-state index contributed by atoms with van der Waals surface area (Å²) in [6.45, 7) is 0. The average molecular weight is 318 g/mol. The smallest absolute Gasteiger partial charge is 0.240 e. The molecule has 1 aromatic carbocycles. The summed E-state index contributed by atoms with van der Waals surface area (Å²) in [4.78, 5) is 11.0. The molecular weight excluding hydrogens is 307 g/mol. The van der Waals surface area contributed by atoms with Gasteiger partial charge in [-0.3, -0.25) is 4.79 Å². The summed E-state index contributed by atoms with van der Waals surface area (Å²) >= 11 is 9.47. The van der Waals surface area contributed by atoms with Gasteiger partial charge in [-0.15, -0.1) is 0 Å². The van der Waals surface area contributed by atoms with E-state index in [9.17, 15) is 4.79 Å². The van der Waals surface area contributed by atoms with E-state index in [2.05, 4.69) is 26.5 Å². The van der Waals surface area contributed by atoms with Crippen LogP contribution in [0.1, 0.15) is 18.4 Å². The zero-order valence-electron chi connectivity index (χ0n) is 9.09. The molecule has 2 rings (SSSR count). The van der Waals surface area contributed by atoms with Crippen molar-refractivity contribution < 1.29 is 9.53 Å². The third kappa shape index (κ3) is 2.61. The van der Waals surface area contributed by atoms with Gasteiger partial charge in [-0.1, -0.05) is 11.6 Å². The Morgan fingerprint density at radius 1 is 1.47 bits per heavy atom. The summed E-state index contributed by atoms with van der Waals surface area (Å²) < 4.78 is 5.91. The number of hydrazone groups is 1. The fraction of sp³-hybridized carbons (Fsp3) is 0.273. The van der Waals surface area contributed by atoms with E-state index in [4.69, 9.17) is 16.3 Å². The van der Waals surface area contributed by atoms with Crippen LogP contribution in [-0.2, 0) is 4.79 Å². The highest BCUT2D eigenvalue weighted by molar-refractivity contribution is 9.10. The molecule has 0 fully saturated rings. The molecule has 0 radical (unpaired) electrons. The van der Waals surface area contributed by atoms with Crippen LogP contribution in [-0.4, -0.2) is 18.7 Å². The van der Waals surface area contributed by atoms with Crippen molar-refractivity contribution in [3.63, 3.8) is 0 Å². The zero-order chi connectivity index (χ0) is 12.4. The van der Waals surface area contributed by atoms with Gasteiger partial charge in [0.2, 0.25) is 5.91 Å². The summed E-state index contributed by atoms with van der Waals surface area (Å²) in [5.41, 5.74) is 4.15. The monoisotopic (exact) mass is 316 g/mol. The Labute approximate surface area is 112 Å². The molecular formula is C11H10BrClN2O2. The van der Waals surface area contributed by atoms with Crippen molar-refractivity contribution in [3.05, 3.63) is 27.2 Å². The van der Waals surface area contributed by atoms with E-state index < -0.39 is 0 Å². The minimum absolute atomic E-state index is 0.0626. The second kappa shape index (κ2) is 5.06. The largest absolute Gasteiger partial charge is 0.494 e. The van der Waals surface area contributed by atoms with Crippen LogP contribution in [0.25, 0.3) is 0 Å². The Kier molecular flexibility index (Phi) is 3.69. The summed E-state index contributed by atoms with van der Waals surface area (Å²) in [5.74, 6) is 0.531. The van der Waals surface area contributed by atoms with Crippen molar-refractivity contribution in [2.75, 3.05) is 7.11 Å². The minimum atomic E-state index is -0.0626. The number of ether oxygens (including phenoxy) is 1. The van der Waals surface area contributed by atoms with E-state index in [-0.39, 0.29) is 5.91 Å². The van der Waals surface area contributed by atoms with Crippen LogP contribution in [0.5, 0.6) is 5.75 Å². The molecule has 17 heavy (non-hydrogen) atoms. The molecule has 0 aromatic heterocycles. The first-order valence-electron chi connectivity index (χ1n) is 5.00. The third-order valence-electron chi connectivity index (χ3n) is 2.44. The van der Waals surface area contributed by atoms with E-state index in [1.807, 2.05) is 6.07 Å². The highest BCUT2D eigenvalue weighted by Gasteiger charge is 2.16. The second-order valence-electron chi connectivity index (χ2n) is 3.57. The fourth-order valence-corrected chi connectivity index (χ4v) is 2.64. The Bertz CT molecular complexity index is 479. The first kappa shape index (κ1) is 12.4. The molecule has 6 heteroatoms. The molecule has 0 atom stereocenters. The number of amides is 1. The minimum Gasteiger partial charge on any atom is -0.494 e. The van der Waals surface area contributed by atoms with Crippen LogP contribution in [0.3, 0.4) is 0 Å². The Hall–Kier alpha value is -1.07. The van der Waals surface area contributed by atoms with Crippen molar-refractivity contribution in [1.29, 1.82) is 0 Å². The molecule has 1 aliphatic rings. The standard InChI is InChI=1S/C11H10BrClN2O2/c1-17-11-7(12)4-6(5-8(11)13)9-2-3-10(16)15-14-9/h4-5H,2-3H2,1H3,(H,15,16). The lowest BCUT2D eigenvalue weighted by molar-refractivity contribution is -0.121. The average Bonchev–Trinajstić information content (AvgIpc) is 2.29. The SMILES string of the molecule is COc1c(Cl)cc(C2=NNC(=O)CC2)cc1Br. The molecule has 0 bridgehead atoms. The Morgan fingerprint density at radius 3 is 2.76 bits per heavy atom. The number of rotatable bonds is 2. The topological polar surface area (TPSA) is 50.7 Å². The van der Waals surface area contributed by atoms with Crippen LogP contribution in [0.15, 0.2) is 21.7 Å². The molecule has 1 heterocycles. The van der Waals surface area contributed by atoms with Crippen LogP contribution in [0.2, 0.25) is 5.02 Å². The maximum absolute atomic E-state index is 11.0. The molecule has 90 valence electrons. The molecule has 0 aliphatic carbocycles. The van der Waals surface area contributed by atoms with Crippen LogP contribution in [0, 0.1) is 0 Å². The number of nitrogens with zero attached hydrogens (tertiary/aromatic N) is 1. The predicted octanol–water partition coefficient (Wildman–Crippen LogP) is 2.73.